The molecule has 1 heterocycles. The molecule has 0 amide bonds. The van der Waals surface area contributed by atoms with Gasteiger partial charge in [-0.15, -0.1) is 0 Å². The standard InChI is InChI=1S/C15H17N3O3/c1-3-13(16)14-6-4-12(9-17-14)21-11-5-7-15(18(19)20)10(2)8-11/h4-9,13H,3,16H2,1-2H3. The van der Waals surface area contributed by atoms with E-state index in [0.717, 1.165) is 12.1 Å². The summed E-state index contributed by atoms with van der Waals surface area (Å²) < 4.78 is 5.64. The van der Waals surface area contributed by atoms with E-state index in [0.29, 0.717) is 17.1 Å². The van der Waals surface area contributed by atoms with Crippen LogP contribution in [-0.4, -0.2) is 9.91 Å². The third kappa shape index (κ3) is 3.55. The van der Waals surface area contributed by atoms with Gasteiger partial charge in [0, 0.05) is 17.7 Å². The zero-order chi connectivity index (χ0) is 15.4. The second kappa shape index (κ2) is 6.32. The van der Waals surface area contributed by atoms with Crippen molar-refractivity contribution in [3.63, 3.8) is 0 Å². The van der Waals surface area contributed by atoms with Gasteiger partial charge in [-0.1, -0.05) is 6.92 Å². The molecule has 1 aromatic carbocycles. The second-order valence-corrected chi connectivity index (χ2v) is 4.74. The Balaban J connectivity index is 2.15. The zero-order valence-corrected chi connectivity index (χ0v) is 11.9. The molecule has 1 unspecified atom stereocenters. The summed E-state index contributed by atoms with van der Waals surface area (Å²) in [7, 11) is 0. The first-order valence-electron chi connectivity index (χ1n) is 6.65. The van der Waals surface area contributed by atoms with Gasteiger partial charge in [-0.05, 0) is 37.6 Å². The van der Waals surface area contributed by atoms with E-state index < -0.39 is 4.92 Å². The number of nitrogens with zero attached hydrogens (tertiary/aromatic N) is 2. The van der Waals surface area contributed by atoms with E-state index in [-0.39, 0.29) is 11.7 Å². The van der Waals surface area contributed by atoms with Crippen molar-refractivity contribution < 1.29 is 9.66 Å². The maximum Gasteiger partial charge on any atom is 0.272 e. The zero-order valence-electron chi connectivity index (χ0n) is 11.9. The molecular weight excluding hydrogens is 270 g/mol. The number of hydrogen-bond acceptors (Lipinski definition) is 5. The Hall–Kier alpha value is -2.47. The van der Waals surface area contributed by atoms with Gasteiger partial charge in [-0.3, -0.25) is 15.1 Å². The van der Waals surface area contributed by atoms with Gasteiger partial charge in [0.25, 0.3) is 5.69 Å². The van der Waals surface area contributed by atoms with Crippen LogP contribution in [0.2, 0.25) is 0 Å². The van der Waals surface area contributed by atoms with Gasteiger partial charge < -0.3 is 10.5 Å². The van der Waals surface area contributed by atoms with Crippen LogP contribution in [0.15, 0.2) is 36.5 Å². The molecule has 2 aromatic rings. The van der Waals surface area contributed by atoms with Crippen molar-refractivity contribution >= 4 is 5.69 Å². The van der Waals surface area contributed by atoms with Crippen molar-refractivity contribution in [1.82, 2.24) is 4.98 Å². The number of benzene rings is 1. The Morgan fingerprint density at radius 2 is 2.05 bits per heavy atom. The van der Waals surface area contributed by atoms with Gasteiger partial charge in [0.05, 0.1) is 16.8 Å². The van der Waals surface area contributed by atoms with Gasteiger partial charge in [0.1, 0.15) is 11.5 Å². The van der Waals surface area contributed by atoms with E-state index in [1.54, 1.807) is 31.3 Å². The van der Waals surface area contributed by atoms with Gasteiger partial charge in [0.15, 0.2) is 0 Å². The highest BCUT2D eigenvalue weighted by Crippen LogP contribution is 2.27. The highest BCUT2D eigenvalue weighted by atomic mass is 16.6. The first-order valence-corrected chi connectivity index (χ1v) is 6.65. The Morgan fingerprint density at radius 3 is 2.57 bits per heavy atom. The molecule has 0 saturated carbocycles. The number of rotatable bonds is 5. The number of aromatic nitrogens is 1. The summed E-state index contributed by atoms with van der Waals surface area (Å²) in [5.41, 5.74) is 7.33. The lowest BCUT2D eigenvalue weighted by Crippen LogP contribution is -2.10. The lowest BCUT2D eigenvalue weighted by molar-refractivity contribution is -0.385. The molecule has 6 heteroatoms. The lowest BCUT2D eigenvalue weighted by Gasteiger charge is -2.10. The number of hydrogen-bond donors (Lipinski definition) is 1. The van der Waals surface area contributed by atoms with Crippen LogP contribution in [-0.2, 0) is 0 Å². The smallest absolute Gasteiger partial charge is 0.272 e. The molecule has 2 N–H and O–H groups in total. The van der Waals surface area contributed by atoms with Crippen molar-refractivity contribution in [2.75, 3.05) is 0 Å². The molecule has 110 valence electrons. The molecule has 2 rings (SSSR count). The summed E-state index contributed by atoms with van der Waals surface area (Å²) in [5, 5.41) is 10.8. The predicted molar refractivity (Wildman–Crippen MR) is 79.4 cm³/mol. The molecule has 0 fully saturated rings. The third-order valence-corrected chi connectivity index (χ3v) is 3.18. The topological polar surface area (TPSA) is 91.3 Å². The Bertz CT molecular complexity index is 641. The number of pyridine rings is 1. The van der Waals surface area contributed by atoms with E-state index in [1.807, 2.05) is 13.0 Å². The molecule has 0 saturated heterocycles. The number of nitro benzene ring substituents is 1. The Labute approximate surface area is 122 Å². The van der Waals surface area contributed by atoms with E-state index in [9.17, 15) is 10.1 Å². The summed E-state index contributed by atoms with van der Waals surface area (Å²) in [6, 6.07) is 8.15. The van der Waals surface area contributed by atoms with Gasteiger partial charge in [-0.25, -0.2) is 0 Å². The van der Waals surface area contributed by atoms with E-state index in [4.69, 9.17) is 10.5 Å². The average Bonchev–Trinajstić information content (AvgIpc) is 2.47. The quantitative estimate of drug-likeness (QED) is 0.671. The number of nitro groups is 1. The van der Waals surface area contributed by atoms with Crippen LogP contribution in [0.5, 0.6) is 11.5 Å². The fourth-order valence-corrected chi connectivity index (χ4v) is 1.91. The van der Waals surface area contributed by atoms with Crippen LogP contribution >= 0.6 is 0 Å². The summed E-state index contributed by atoms with van der Waals surface area (Å²) >= 11 is 0. The highest BCUT2D eigenvalue weighted by molar-refractivity contribution is 5.45. The molecule has 21 heavy (non-hydrogen) atoms. The van der Waals surface area contributed by atoms with E-state index in [2.05, 4.69) is 4.98 Å². The second-order valence-electron chi connectivity index (χ2n) is 4.74. The summed E-state index contributed by atoms with van der Waals surface area (Å²) in [4.78, 5) is 14.6. The van der Waals surface area contributed by atoms with E-state index >= 15 is 0 Å². The maximum absolute atomic E-state index is 10.8. The van der Waals surface area contributed by atoms with E-state index in [1.165, 1.54) is 6.07 Å². The fourth-order valence-electron chi connectivity index (χ4n) is 1.91. The van der Waals surface area contributed by atoms with Gasteiger partial charge in [0.2, 0.25) is 0 Å². The minimum absolute atomic E-state index is 0.0738. The van der Waals surface area contributed by atoms with Crippen LogP contribution in [0.25, 0.3) is 0 Å². The molecule has 6 nitrogen and oxygen atoms in total. The molecular formula is C15H17N3O3. The van der Waals surface area contributed by atoms with Crippen LogP contribution in [0.1, 0.15) is 30.6 Å². The highest BCUT2D eigenvalue weighted by Gasteiger charge is 2.11. The molecule has 0 aliphatic heterocycles. The van der Waals surface area contributed by atoms with Crippen molar-refractivity contribution in [3.05, 3.63) is 57.9 Å². The van der Waals surface area contributed by atoms with Crippen LogP contribution in [0.3, 0.4) is 0 Å². The molecule has 0 aliphatic carbocycles. The first-order chi connectivity index (χ1) is 10.0. The Morgan fingerprint density at radius 1 is 1.33 bits per heavy atom. The molecule has 0 radical (unpaired) electrons. The average molecular weight is 287 g/mol. The van der Waals surface area contributed by atoms with Gasteiger partial charge >= 0.3 is 0 Å². The van der Waals surface area contributed by atoms with Crippen LogP contribution < -0.4 is 10.5 Å². The minimum atomic E-state index is -0.415. The van der Waals surface area contributed by atoms with Crippen LogP contribution in [0.4, 0.5) is 5.69 Å². The molecule has 1 atom stereocenters. The number of ether oxygens (including phenoxy) is 1. The van der Waals surface area contributed by atoms with Crippen molar-refractivity contribution in [2.24, 2.45) is 5.73 Å². The first kappa shape index (κ1) is 14.9. The van der Waals surface area contributed by atoms with Crippen molar-refractivity contribution in [2.45, 2.75) is 26.3 Å². The molecule has 0 aliphatic rings. The van der Waals surface area contributed by atoms with Crippen molar-refractivity contribution in [1.29, 1.82) is 0 Å². The number of nitrogens with two attached hydrogens (primary N) is 1. The molecule has 1 aromatic heterocycles. The van der Waals surface area contributed by atoms with Crippen LogP contribution in [0, 0.1) is 17.0 Å². The van der Waals surface area contributed by atoms with Gasteiger partial charge in [-0.2, -0.15) is 0 Å². The Kier molecular flexibility index (Phi) is 4.49. The predicted octanol–water partition coefficient (Wildman–Crippen LogP) is 3.50. The monoisotopic (exact) mass is 287 g/mol. The number of aryl methyl sites for hydroxylation is 1. The summed E-state index contributed by atoms with van der Waals surface area (Å²) in [5.74, 6) is 1.10. The lowest BCUT2D eigenvalue weighted by atomic mass is 10.1. The molecule has 0 spiro atoms. The largest absolute Gasteiger partial charge is 0.456 e. The van der Waals surface area contributed by atoms with Crippen molar-refractivity contribution in [3.8, 4) is 11.5 Å². The maximum atomic E-state index is 10.8. The summed E-state index contributed by atoms with van der Waals surface area (Å²) in [6.45, 7) is 3.67. The molecule has 0 bridgehead atoms. The third-order valence-electron chi connectivity index (χ3n) is 3.18. The normalized spacial score (nSPS) is 12.0. The fraction of sp³-hybridized carbons (Fsp3) is 0.267. The SMILES string of the molecule is CCC(N)c1ccc(Oc2ccc([N+](=O)[O-])c(C)c2)cn1. The summed E-state index contributed by atoms with van der Waals surface area (Å²) in [6.07, 6.45) is 2.41. The minimum Gasteiger partial charge on any atom is -0.456 e.